The van der Waals surface area contributed by atoms with Gasteiger partial charge in [-0.2, -0.15) is 0 Å². The normalized spacial score (nSPS) is 12.1. The monoisotopic (exact) mass is 1700 g/mol. The zero-order valence-electron chi connectivity index (χ0n) is 70.7. The first-order valence-electron chi connectivity index (χ1n) is 42.7. The highest BCUT2D eigenvalue weighted by Crippen LogP contribution is 2.22. The van der Waals surface area contributed by atoms with Crippen molar-refractivity contribution in [1.82, 2.24) is 31.9 Å². The number of hydrogen-bond acceptors (Lipinski definition) is 24. The quantitative estimate of drug-likeness (QED) is 0.0276. The van der Waals surface area contributed by atoms with Crippen LogP contribution in [0, 0.1) is 11.8 Å². The average molecular weight is 1710 g/mol. The van der Waals surface area contributed by atoms with Gasteiger partial charge in [-0.1, -0.05) is 90.4 Å². The first kappa shape index (κ1) is 107. The Morgan fingerprint density at radius 2 is 0.675 bits per heavy atom. The summed E-state index contributed by atoms with van der Waals surface area (Å²) in [6, 6.07) is 10.2. The summed E-state index contributed by atoms with van der Waals surface area (Å²) in [5.74, 6) is -6.05. The third-order valence-corrected chi connectivity index (χ3v) is 19.1. The third-order valence-electron chi connectivity index (χ3n) is 19.1. The molecule has 0 saturated carbocycles. The van der Waals surface area contributed by atoms with Gasteiger partial charge >= 0.3 is 23.9 Å². The number of amides is 6. The van der Waals surface area contributed by atoms with Gasteiger partial charge in [0.1, 0.15) is 67.4 Å². The number of carbonyl (C=O) groups is 14. The van der Waals surface area contributed by atoms with Crippen LogP contribution in [0.4, 0.5) is 0 Å². The van der Waals surface area contributed by atoms with Crippen molar-refractivity contribution < 1.29 is 138 Å². The van der Waals surface area contributed by atoms with Gasteiger partial charge in [0.15, 0.2) is 5.78 Å². The van der Waals surface area contributed by atoms with Crippen LogP contribution in [0.25, 0.3) is 0 Å². The summed E-state index contributed by atoms with van der Waals surface area (Å²) in [5.41, 5.74) is 0.410. The smallest absolute Gasteiger partial charge is 0.335 e. The molecular weight excluding hydrogens is 1560 g/mol. The number of aliphatic carboxylic acids is 2. The van der Waals surface area contributed by atoms with E-state index in [1.165, 1.54) is 31.2 Å². The minimum atomic E-state index is -1.22. The van der Waals surface area contributed by atoms with Crippen LogP contribution in [0.5, 0.6) is 11.5 Å². The fourth-order valence-electron chi connectivity index (χ4n) is 12.0. The number of Topliss-reactive ketones (excluding diaryl/α,β-unsaturated/α-hetero) is 4. The minimum absolute atomic E-state index is 0. The fourth-order valence-corrected chi connectivity index (χ4v) is 12.0. The lowest BCUT2D eigenvalue weighted by molar-refractivity contribution is -0.142. The molecule has 0 aliphatic heterocycles. The highest BCUT2D eigenvalue weighted by atomic mass is 16.5. The van der Waals surface area contributed by atoms with Crippen molar-refractivity contribution in [3.8, 4) is 11.5 Å². The second-order valence-electron chi connectivity index (χ2n) is 29.4. The highest BCUT2D eigenvalue weighted by molar-refractivity contribution is 5.90. The molecule has 0 aliphatic carbocycles. The van der Waals surface area contributed by atoms with Gasteiger partial charge in [0.05, 0.1) is 90.4 Å². The molecule has 10 N–H and O–H groups in total. The summed E-state index contributed by atoms with van der Waals surface area (Å²) in [6.07, 6.45) is 18.9. The molecule has 0 radical (unpaired) electrons. The van der Waals surface area contributed by atoms with Gasteiger partial charge in [-0.3, -0.25) is 47.9 Å². The van der Waals surface area contributed by atoms with E-state index in [-0.39, 0.29) is 254 Å². The molecule has 34 heteroatoms. The average Bonchev–Trinajstić information content (AvgIpc) is 0.902. The number of nitrogens with one attached hydrogen (secondary N) is 6. The molecule has 6 amide bonds. The van der Waals surface area contributed by atoms with E-state index < -0.39 is 36.0 Å². The minimum Gasteiger partial charge on any atom is -0.494 e. The van der Waals surface area contributed by atoms with Gasteiger partial charge in [-0.15, -0.1) is 0 Å². The van der Waals surface area contributed by atoms with Crippen molar-refractivity contribution >= 4 is 82.5 Å². The summed E-state index contributed by atoms with van der Waals surface area (Å²) >= 11 is 0. The number of rotatable bonds is 83. The molecule has 0 bridgehead atoms. The van der Waals surface area contributed by atoms with Crippen LogP contribution in [-0.2, 0) is 95.4 Å². The summed E-state index contributed by atoms with van der Waals surface area (Å²) in [4.78, 5) is 169. The van der Waals surface area contributed by atoms with E-state index in [9.17, 15) is 77.3 Å². The van der Waals surface area contributed by atoms with Crippen molar-refractivity contribution in [2.45, 2.75) is 231 Å². The third kappa shape index (κ3) is 61.4. The Morgan fingerprint density at radius 3 is 1.11 bits per heavy atom. The first-order chi connectivity index (χ1) is 57.9. The number of ether oxygens (including phenoxy) is 10. The first-order valence-corrected chi connectivity index (χ1v) is 42.7. The molecule has 2 rings (SSSR count). The number of aromatic carboxylic acids is 2. The van der Waals surface area contributed by atoms with Crippen molar-refractivity contribution in [3.63, 3.8) is 0 Å². The molecule has 0 saturated heterocycles. The number of ketones is 4. The van der Waals surface area contributed by atoms with E-state index in [4.69, 9.17) is 57.6 Å². The maximum atomic E-state index is 13.1. The Labute approximate surface area is 708 Å². The van der Waals surface area contributed by atoms with Crippen LogP contribution in [-0.4, -0.2) is 260 Å². The highest BCUT2D eigenvalue weighted by Gasteiger charge is 2.25. The Kier molecular flexibility index (Phi) is 64.1. The summed E-state index contributed by atoms with van der Waals surface area (Å²) in [7, 11) is 0. The van der Waals surface area contributed by atoms with E-state index in [0.717, 1.165) is 89.9 Å². The molecule has 120 heavy (non-hydrogen) atoms. The van der Waals surface area contributed by atoms with Crippen LogP contribution >= 0.6 is 0 Å². The predicted octanol–water partition coefficient (Wildman–Crippen LogP) is 8.80. The van der Waals surface area contributed by atoms with Gasteiger partial charge in [0, 0.05) is 99.0 Å². The molecule has 0 heterocycles. The van der Waals surface area contributed by atoms with E-state index in [1.807, 2.05) is 6.92 Å². The zero-order valence-corrected chi connectivity index (χ0v) is 70.7. The van der Waals surface area contributed by atoms with Crippen molar-refractivity contribution in [2.24, 2.45) is 11.8 Å². The number of hydrogen-bond donors (Lipinski definition) is 10. The topological polar surface area (TPSA) is 484 Å². The molecule has 4 atom stereocenters. The molecular formula is C86H140N6O28. The lowest BCUT2D eigenvalue weighted by Gasteiger charge is -2.16. The zero-order chi connectivity index (χ0) is 87.9. The summed E-state index contributed by atoms with van der Waals surface area (Å²) in [6.45, 7) is 7.58. The number of carboxylic acids is 4. The Balaban J connectivity index is 0.0000732. The molecule has 0 unspecified atom stereocenters. The van der Waals surface area contributed by atoms with Crippen molar-refractivity contribution in [1.29, 1.82) is 0 Å². The Morgan fingerprint density at radius 1 is 0.317 bits per heavy atom. The molecule has 682 valence electrons. The van der Waals surface area contributed by atoms with Crippen LogP contribution in [0.2, 0.25) is 0 Å². The van der Waals surface area contributed by atoms with E-state index in [0.29, 0.717) is 102 Å². The lowest BCUT2D eigenvalue weighted by Crippen LogP contribution is -2.41. The number of benzene rings is 2. The van der Waals surface area contributed by atoms with Crippen LogP contribution in [0.3, 0.4) is 0 Å². The summed E-state index contributed by atoms with van der Waals surface area (Å²) in [5, 5.41) is 53.1. The van der Waals surface area contributed by atoms with E-state index >= 15 is 0 Å². The van der Waals surface area contributed by atoms with Gasteiger partial charge in [0.25, 0.3) is 0 Å². The van der Waals surface area contributed by atoms with Gasteiger partial charge < -0.3 is 99.7 Å². The van der Waals surface area contributed by atoms with Gasteiger partial charge in [-0.05, 0) is 133 Å². The second kappa shape index (κ2) is 71.8. The molecule has 0 fully saturated rings. The number of carboxylic acid groups (broad SMARTS) is 4. The maximum absolute atomic E-state index is 13.1. The second-order valence-corrected chi connectivity index (χ2v) is 29.4. The van der Waals surface area contributed by atoms with E-state index in [2.05, 4.69) is 31.9 Å². The van der Waals surface area contributed by atoms with Crippen LogP contribution in [0.15, 0.2) is 48.5 Å². The van der Waals surface area contributed by atoms with Gasteiger partial charge in [-0.25, -0.2) is 19.2 Å². The Hall–Kier alpha value is -8.90. The largest absolute Gasteiger partial charge is 0.494 e. The molecule has 34 nitrogen and oxygen atoms in total. The van der Waals surface area contributed by atoms with Crippen LogP contribution < -0.4 is 41.4 Å². The Bertz CT molecular complexity index is 3250. The molecule has 0 spiro atoms. The van der Waals surface area contributed by atoms with E-state index in [1.54, 1.807) is 24.3 Å². The van der Waals surface area contributed by atoms with Gasteiger partial charge in [0.2, 0.25) is 35.4 Å². The summed E-state index contributed by atoms with van der Waals surface area (Å²) < 4.78 is 54.7. The molecule has 0 aliphatic rings. The molecule has 2 aromatic rings. The lowest BCUT2D eigenvalue weighted by atomic mass is 9.87. The fraction of sp³-hybridized carbons (Fsp3) is 0.698. The van der Waals surface area contributed by atoms with Crippen LogP contribution in [0.1, 0.15) is 243 Å². The standard InChI is InChI=1S/C86H136N6O28.2H2/c1-65(24-17-19-43-88-81(101)63-116-57-53-112-47-23-27-71(95)61-115-56-54-113-50-44-89-77(97)41-40-75(86(109)110)92-79(99)29-16-10-6-4-8-12-21-49-120-73-37-32-68(33-38-73)84(105)106)76(96)60-69(66(2)93)25-14-13-18-42-87-80(100)62-118-59-55-114-51-45-90-82(102)64-117-58-52-111-46-22-26-70(94)34-39-74(85(107)108)91-78(98)28-15-9-5-3-7-11-20-48-119-72-35-30-67(31-36-72)83(103)104;;/h30-33,35-38,65,69,74-75H,3-29,34,39-64H2,1-2H3,(H,87,100)(H,88,101)(H,89,97)(H,90,102)(H,91,98)(H,92,99)(H,103,104)(H,105,106)(H,107,108)(H,109,110);2*1H/t65-,69+,74-,75-;;/m0../s1. The molecule has 0 aromatic heterocycles. The number of carbonyl (C=O) groups excluding carboxylic acids is 10. The maximum Gasteiger partial charge on any atom is 0.335 e. The SMILES string of the molecule is CC(=O)[C@H](CCCCCNC(=O)COCCOCCNC(=O)COCCOCCCC(=O)CC[C@H](NC(=O)CCCCCCCCCOc1ccc(C(=O)O)cc1)C(=O)O)CC(=O)[C@@H](C)CCCCNC(=O)COCCOCCCC(=O)COCCOCCNC(=O)CC[C@H](NC(=O)CCCCCCCCCOc1ccc(C(=O)O)cc1)C(=O)O.[HH].[HH]. The van der Waals surface area contributed by atoms with Crippen molar-refractivity contribution in [2.75, 3.05) is 145 Å². The van der Waals surface area contributed by atoms with Crippen molar-refractivity contribution in [3.05, 3.63) is 59.7 Å². The molecule has 2 aromatic carbocycles. The predicted molar refractivity (Wildman–Crippen MR) is 446 cm³/mol. The number of unbranched alkanes of at least 4 members (excludes halogenated alkanes) is 15.